The van der Waals surface area contributed by atoms with E-state index in [-0.39, 0.29) is 48.7 Å². The molecule has 0 aliphatic heterocycles. The molecule has 0 aliphatic rings. The van der Waals surface area contributed by atoms with Crippen molar-refractivity contribution < 1.29 is 60.9 Å². The Kier molecular flexibility index (Phi) is 19.6. The molecule has 1 N–H and O–H groups in total. The van der Waals surface area contributed by atoms with Crippen LogP contribution in [0.1, 0.15) is 130 Å². The Morgan fingerprint density at radius 3 is 1.85 bits per heavy atom. The second-order valence-corrected chi connectivity index (χ2v) is 20.2. The van der Waals surface area contributed by atoms with Gasteiger partial charge in [-0.25, -0.2) is 19.4 Å². The number of nitrogens with one attached hydrogen (secondary N) is 1. The van der Waals surface area contributed by atoms with Crippen LogP contribution in [0.4, 0.5) is 15.3 Å². The predicted octanol–water partition coefficient (Wildman–Crippen LogP) is 8.76. The molecule has 0 bridgehead atoms. The van der Waals surface area contributed by atoms with Crippen LogP contribution in [-0.2, 0) is 56.7 Å². The molecule has 0 unspecified atom stereocenters. The molecule has 0 saturated carbocycles. The highest BCUT2D eigenvalue weighted by atomic mass is 32.2. The van der Waals surface area contributed by atoms with Crippen LogP contribution in [0.2, 0.25) is 0 Å². The average molecular weight is 937 g/mol. The van der Waals surface area contributed by atoms with Gasteiger partial charge in [0.15, 0.2) is 0 Å². The molecule has 3 rings (SSSR count). The molecule has 2 amide bonds. The molecule has 0 aliphatic carbocycles. The highest BCUT2D eigenvalue weighted by molar-refractivity contribution is 7.87. The number of hydrogen-bond donors (Lipinski definition) is 1. The number of carbonyl (C=O) groups excluding carboxylic acids is 6. The zero-order valence-corrected chi connectivity index (χ0v) is 40.6. The molecule has 1 atom stereocenters. The second kappa shape index (κ2) is 23.9. The van der Waals surface area contributed by atoms with Crippen LogP contribution in [0.25, 0.3) is 0 Å². The molecule has 0 heterocycles. The van der Waals surface area contributed by atoms with E-state index >= 15 is 0 Å². The quantitative estimate of drug-likeness (QED) is 0.0298. The van der Waals surface area contributed by atoms with E-state index in [0.29, 0.717) is 28.4 Å². The lowest BCUT2D eigenvalue weighted by molar-refractivity contribution is -0.160. The molecule has 360 valence electrons. The number of rotatable bonds is 19. The third kappa shape index (κ3) is 19.5. The van der Waals surface area contributed by atoms with Gasteiger partial charge in [0.25, 0.3) is 0 Å². The molecule has 0 spiro atoms. The lowest BCUT2D eigenvalue weighted by Gasteiger charge is -2.34. The van der Waals surface area contributed by atoms with Crippen LogP contribution in [0, 0.1) is 0 Å². The maximum atomic E-state index is 14.9. The first-order valence-corrected chi connectivity index (χ1v) is 22.9. The fourth-order valence-electron chi connectivity index (χ4n) is 5.98. The minimum atomic E-state index is -5.00. The molecule has 0 fully saturated rings. The van der Waals surface area contributed by atoms with Crippen molar-refractivity contribution in [3.63, 3.8) is 0 Å². The van der Waals surface area contributed by atoms with Gasteiger partial charge in [-0.15, -0.1) is 0 Å². The Morgan fingerprint density at radius 2 is 1.29 bits per heavy atom. The zero-order chi connectivity index (χ0) is 49.5. The molecule has 66 heavy (non-hydrogen) atoms. The average Bonchev–Trinajstić information content (AvgIpc) is 3.18. The van der Waals surface area contributed by atoms with Gasteiger partial charge in [0, 0.05) is 19.4 Å². The van der Waals surface area contributed by atoms with Crippen molar-refractivity contribution in [3.8, 4) is 5.75 Å². The topological polar surface area (TPSA) is 214 Å². The van der Waals surface area contributed by atoms with E-state index in [1.54, 1.807) is 112 Å². The van der Waals surface area contributed by atoms with Crippen molar-refractivity contribution in [2.45, 2.75) is 144 Å². The van der Waals surface area contributed by atoms with Crippen LogP contribution in [0.3, 0.4) is 0 Å². The van der Waals surface area contributed by atoms with Crippen LogP contribution < -0.4 is 10.1 Å². The number of alkyl carbamates (subject to hydrolysis) is 1. The van der Waals surface area contributed by atoms with Crippen molar-refractivity contribution in [2.24, 2.45) is 4.99 Å². The number of Topliss-reactive ketones (excluding diaryl/α,β-unsaturated/α-hetero) is 1. The highest BCUT2D eigenvalue weighted by Crippen LogP contribution is 2.26. The molecule has 0 radical (unpaired) electrons. The third-order valence-corrected chi connectivity index (χ3v) is 10.6. The molecular weight excluding hydrogens is 873 g/mol. The summed E-state index contributed by atoms with van der Waals surface area (Å²) in [4.78, 5) is 82.3. The Balaban J connectivity index is 1.92. The van der Waals surface area contributed by atoms with Gasteiger partial charge < -0.3 is 23.7 Å². The van der Waals surface area contributed by atoms with Crippen molar-refractivity contribution in [1.29, 1.82) is 0 Å². The summed E-state index contributed by atoms with van der Waals surface area (Å²) < 4.78 is 58.4. The fraction of sp³-hybridized carbons (Fsp3) is 0.479. The highest BCUT2D eigenvalue weighted by Gasteiger charge is 2.43. The maximum absolute atomic E-state index is 14.9. The third-order valence-electron chi connectivity index (χ3n) is 8.71. The van der Waals surface area contributed by atoms with Gasteiger partial charge in [-0.05, 0) is 137 Å². The van der Waals surface area contributed by atoms with Gasteiger partial charge in [-0.1, -0.05) is 48.9 Å². The summed E-state index contributed by atoms with van der Waals surface area (Å²) in [6.45, 7) is 16.8. The second-order valence-electron chi connectivity index (χ2n) is 18.4. The number of nitrogens with zero attached hydrogens (tertiary/aromatic N) is 3. The van der Waals surface area contributed by atoms with Gasteiger partial charge in [-0.2, -0.15) is 17.0 Å². The molecule has 3 aromatic rings. The van der Waals surface area contributed by atoms with Gasteiger partial charge in [0.2, 0.25) is 0 Å². The van der Waals surface area contributed by atoms with Crippen molar-refractivity contribution >= 4 is 57.6 Å². The fourth-order valence-corrected chi connectivity index (χ4v) is 7.63. The molecule has 3 aromatic carbocycles. The number of amides is 2. The number of benzene rings is 3. The summed E-state index contributed by atoms with van der Waals surface area (Å²) in [7, 11) is -5.00. The Morgan fingerprint density at radius 1 is 0.697 bits per heavy atom. The number of ketones is 1. The van der Waals surface area contributed by atoms with E-state index in [9.17, 15) is 37.2 Å². The number of carbonyl (C=O) groups is 6. The smallest absolute Gasteiger partial charge is 0.425 e. The van der Waals surface area contributed by atoms with Crippen LogP contribution >= 0.6 is 0 Å². The Hall–Kier alpha value is -6.14. The van der Waals surface area contributed by atoms with E-state index in [1.165, 1.54) is 43.3 Å². The molecule has 18 heteroatoms. The minimum absolute atomic E-state index is 0.0634. The summed E-state index contributed by atoms with van der Waals surface area (Å²) in [5, 5.41) is 2.54. The molecule has 0 saturated heterocycles. The molecule has 0 aromatic heterocycles. The van der Waals surface area contributed by atoms with Gasteiger partial charge >= 0.3 is 40.3 Å². The number of unbranched alkanes of at least 4 members (excludes halogenated alkanes) is 2. The molecular formula is C48H64N4O13S. The van der Waals surface area contributed by atoms with Gasteiger partial charge in [0.1, 0.15) is 46.8 Å². The van der Waals surface area contributed by atoms with Gasteiger partial charge in [0.05, 0.1) is 17.8 Å². The number of esters is 3. The number of aliphatic imine (C=N–C) groups is 1. The number of amidine groups is 1. The summed E-state index contributed by atoms with van der Waals surface area (Å²) in [6, 6.07) is 18.8. The maximum Gasteiger partial charge on any atom is 0.425 e. The van der Waals surface area contributed by atoms with Crippen LogP contribution in [0.5, 0.6) is 5.75 Å². The summed E-state index contributed by atoms with van der Waals surface area (Å²) >= 11 is 0. The van der Waals surface area contributed by atoms with E-state index in [2.05, 4.69) is 10.3 Å². The lowest BCUT2D eigenvalue weighted by Crippen LogP contribution is -2.54. The molecule has 17 nitrogen and oxygen atoms in total. The largest absolute Gasteiger partial charge is 0.460 e. The first kappa shape index (κ1) is 54.2. The Bertz CT molecular complexity index is 2280. The van der Waals surface area contributed by atoms with Crippen molar-refractivity contribution in [1.82, 2.24) is 13.9 Å². The Labute approximate surface area is 388 Å². The van der Waals surface area contributed by atoms with E-state index in [0.717, 1.165) is 4.31 Å². The lowest BCUT2D eigenvalue weighted by atomic mass is 10.1. The van der Waals surface area contributed by atoms with Gasteiger partial charge in [-0.3, -0.25) is 19.7 Å². The summed E-state index contributed by atoms with van der Waals surface area (Å²) in [5.41, 5.74) is -0.961. The summed E-state index contributed by atoms with van der Waals surface area (Å²) in [6.07, 6.45) is -1.62. The minimum Gasteiger partial charge on any atom is -0.460 e. The number of ether oxygens (including phenoxy) is 5. The van der Waals surface area contributed by atoms with Crippen LogP contribution in [0.15, 0.2) is 83.9 Å². The first-order valence-electron chi connectivity index (χ1n) is 21.5. The predicted molar refractivity (Wildman–Crippen MR) is 247 cm³/mol. The first-order chi connectivity index (χ1) is 30.6. The number of hydrogen-bond acceptors (Lipinski definition) is 14. The van der Waals surface area contributed by atoms with E-state index in [1.807, 2.05) is 0 Å². The van der Waals surface area contributed by atoms with E-state index in [4.69, 9.17) is 23.7 Å². The normalized spacial score (nSPS) is 12.7. The standard InChI is InChI=1S/C48H64N4O13S/c1-33(53)30-40(43(56)64-47(6,7)8)51(29-17-13-16-20-41(54)63-46(3,4)5)66(59,60)52(45(58)61-32-36-18-14-12-15-19-36)31-35-21-27-39(28-22-35)62-42(55)37-23-25-38(26-24-37)49-34(2)50-44(57)65-48(9,10)11/h12,14-15,18-19,21-28,40H,13,16-17,20,29-32H2,1-11H3,(H,49,50,57)/t40-/m0/s1. The monoisotopic (exact) mass is 936 g/mol. The zero-order valence-electron chi connectivity index (χ0n) is 39.8. The van der Waals surface area contributed by atoms with E-state index < -0.39 is 81.9 Å². The SMILES string of the molecule is CC(=O)C[C@@H](C(=O)OC(C)(C)C)N(CCCCCC(=O)OC(C)(C)C)S(=O)(=O)N(Cc1ccc(OC(=O)c2ccc(N=C(C)NC(=O)OC(C)(C)C)cc2)cc1)C(=O)OCc1ccccc1. The van der Waals surface area contributed by atoms with Crippen LogP contribution in [-0.4, -0.2) is 88.1 Å². The summed E-state index contributed by atoms with van der Waals surface area (Å²) in [5.74, 6) is -2.27. The van der Waals surface area contributed by atoms with Crippen molar-refractivity contribution in [3.05, 3.63) is 95.6 Å². The van der Waals surface area contributed by atoms with Crippen molar-refractivity contribution in [2.75, 3.05) is 6.54 Å².